The van der Waals surface area contributed by atoms with Crippen LogP contribution < -0.4 is 9.80 Å². The Morgan fingerprint density at radius 3 is 1.22 bits per heavy atom. The monoisotopic (exact) mass is 1370 g/mol. The van der Waals surface area contributed by atoms with Gasteiger partial charge in [-0.1, -0.05) is 304 Å². The van der Waals surface area contributed by atoms with Gasteiger partial charge < -0.3 is 14.4 Å². The summed E-state index contributed by atoms with van der Waals surface area (Å²) in [6, 6.07) is 117. The van der Waals surface area contributed by atoms with E-state index in [9.17, 15) is 0 Å². The molecule has 0 radical (unpaired) electrons. The average Bonchev–Trinajstić information content (AvgIpc) is 1.55. The Labute approximate surface area is 629 Å². The molecule has 3 aliphatic rings. The number of allylic oxidation sites excluding steroid dienone is 4. The summed E-state index contributed by atoms with van der Waals surface area (Å²) in [7, 11) is 0. The number of aromatic nitrogens is 1. The van der Waals surface area contributed by atoms with Crippen molar-refractivity contribution in [1.82, 2.24) is 4.57 Å². The molecule has 3 aliphatic carbocycles. The van der Waals surface area contributed by atoms with Gasteiger partial charge in [-0.05, 0) is 231 Å². The van der Waals surface area contributed by atoms with Gasteiger partial charge in [0.05, 0.1) is 33.2 Å². The molecule has 3 heteroatoms. The highest BCUT2D eigenvalue weighted by atomic mass is 15.2. The van der Waals surface area contributed by atoms with Crippen molar-refractivity contribution in [3.8, 4) is 39.1 Å². The summed E-state index contributed by atoms with van der Waals surface area (Å²) in [5, 5.41) is 2.25. The van der Waals surface area contributed by atoms with E-state index in [1.807, 2.05) is 24.3 Å². The first-order valence-electron chi connectivity index (χ1n) is 37.3. The lowest BCUT2D eigenvalue weighted by Crippen LogP contribution is -2.30. The van der Waals surface area contributed by atoms with Gasteiger partial charge in [0.1, 0.15) is 0 Å². The third-order valence-corrected chi connectivity index (χ3v) is 23.0. The minimum Gasteiger partial charge on any atom is -0.310 e. The van der Waals surface area contributed by atoms with Crippen molar-refractivity contribution < 1.29 is 0 Å². The van der Waals surface area contributed by atoms with E-state index in [1.54, 1.807) is 0 Å². The van der Waals surface area contributed by atoms with Crippen LogP contribution >= 0.6 is 0 Å². The van der Waals surface area contributed by atoms with Gasteiger partial charge in [-0.25, -0.2) is 0 Å². The van der Waals surface area contributed by atoms with E-state index in [0.29, 0.717) is 0 Å². The number of nitrogens with zero attached hydrogens (tertiary/aromatic N) is 3. The van der Waals surface area contributed by atoms with Crippen molar-refractivity contribution in [1.29, 1.82) is 0 Å². The maximum atomic E-state index is 4.19. The summed E-state index contributed by atoms with van der Waals surface area (Å²) in [4.78, 5) is 5.13. The molecule has 0 unspecified atom stereocenters. The quantitative estimate of drug-likeness (QED) is 0.0900. The fourth-order valence-electron chi connectivity index (χ4n) is 18.2. The Balaban J connectivity index is 0.924. The first kappa shape index (κ1) is 65.9. The number of fused-ring (bicyclic) bond motifs is 8. The zero-order chi connectivity index (χ0) is 72.7. The second-order valence-corrected chi connectivity index (χ2v) is 29.1. The molecule has 0 spiro atoms. The van der Waals surface area contributed by atoms with Crippen LogP contribution in [0.1, 0.15) is 102 Å². The first-order valence-corrected chi connectivity index (χ1v) is 37.3. The van der Waals surface area contributed by atoms with Crippen LogP contribution in [0.15, 0.2) is 353 Å². The molecule has 0 atom stereocenters. The van der Waals surface area contributed by atoms with Crippen LogP contribution in [0.3, 0.4) is 0 Å². The highest BCUT2D eigenvalue weighted by Gasteiger charge is 2.50. The molecule has 0 aliphatic heterocycles. The second kappa shape index (κ2) is 26.6. The standard InChI is InChI=1S/C104H81N3/c1-9-72-39-47-80(48-40-72)103(81-49-41-73(10-2)42-50-81)91-31-21-19-29-87(91)101-93(103)33-23-35-99(101)105(95-57-37-68(5)61-70(95)7)84-55-59-97-89(66-84)90-67-85(56-60-98(90)107(97)86-64-78(76-25-15-13-16-26-76)63-79(65-86)77-27-17-14-18-28-77)106(96-58-38-69(6)62-71(96)8)100-36-24-34-94-102(100)88-30-20-22-32-92(88)104(94,82-51-43-74(11-3)44-52-82)83-53-45-75(12-4)46-54-83/h9-21,23-31,33-67H,1-4,22,32H2,5-8H3. The fourth-order valence-corrected chi connectivity index (χ4v) is 18.2. The number of rotatable bonds is 17. The third-order valence-electron chi connectivity index (χ3n) is 23.0. The van der Waals surface area contributed by atoms with E-state index in [4.69, 9.17) is 0 Å². The van der Waals surface area contributed by atoms with Crippen molar-refractivity contribution in [2.45, 2.75) is 51.4 Å². The second-order valence-electron chi connectivity index (χ2n) is 29.1. The predicted octanol–water partition coefficient (Wildman–Crippen LogP) is 27.7. The minimum absolute atomic E-state index is 0.600. The van der Waals surface area contributed by atoms with Crippen molar-refractivity contribution >= 4 is 85.8 Å². The predicted molar refractivity (Wildman–Crippen MR) is 456 cm³/mol. The van der Waals surface area contributed by atoms with E-state index in [0.717, 1.165) is 119 Å². The number of hydrogen-bond acceptors (Lipinski definition) is 2. The molecule has 0 fully saturated rings. The van der Waals surface area contributed by atoms with Gasteiger partial charge in [0.2, 0.25) is 0 Å². The van der Waals surface area contributed by atoms with E-state index < -0.39 is 10.8 Å². The molecule has 0 bridgehead atoms. The van der Waals surface area contributed by atoms with Gasteiger partial charge in [-0.3, -0.25) is 0 Å². The number of benzene rings is 14. The van der Waals surface area contributed by atoms with E-state index in [-0.39, 0.29) is 0 Å². The smallest absolute Gasteiger partial charge is 0.0714 e. The fraction of sp³-hybridized carbons (Fsp3) is 0.0769. The van der Waals surface area contributed by atoms with Crippen LogP contribution in [0.2, 0.25) is 0 Å². The summed E-state index contributed by atoms with van der Waals surface area (Å²) in [6.07, 6.45) is 14.4. The van der Waals surface area contributed by atoms with Gasteiger partial charge in [-0.2, -0.15) is 0 Å². The lowest BCUT2D eigenvalue weighted by atomic mass is 9.65. The molecule has 0 saturated heterocycles. The maximum Gasteiger partial charge on any atom is 0.0714 e. The topological polar surface area (TPSA) is 11.4 Å². The average molecular weight is 1370 g/mol. The summed E-state index contributed by atoms with van der Waals surface area (Å²) >= 11 is 0. The highest BCUT2D eigenvalue weighted by molar-refractivity contribution is 6.13. The molecule has 0 N–H and O–H groups in total. The Morgan fingerprint density at radius 2 is 0.766 bits per heavy atom. The molecular formula is C104H81N3. The van der Waals surface area contributed by atoms with Crippen LogP contribution in [0.25, 0.3) is 90.8 Å². The summed E-state index contributed by atoms with van der Waals surface area (Å²) in [5.74, 6) is 0. The van der Waals surface area contributed by atoms with Crippen LogP contribution in [0.4, 0.5) is 34.1 Å². The number of aryl methyl sites for hydroxylation is 4. The van der Waals surface area contributed by atoms with Gasteiger partial charge in [0.15, 0.2) is 0 Å². The largest absolute Gasteiger partial charge is 0.310 e. The normalized spacial score (nSPS) is 13.6. The lowest BCUT2D eigenvalue weighted by Gasteiger charge is -2.37. The van der Waals surface area contributed by atoms with Crippen LogP contribution in [-0.4, -0.2) is 4.57 Å². The van der Waals surface area contributed by atoms with Crippen LogP contribution in [0.5, 0.6) is 0 Å². The number of hydrogen-bond donors (Lipinski definition) is 0. The zero-order valence-electron chi connectivity index (χ0n) is 61.0. The minimum atomic E-state index is -0.683. The molecule has 3 nitrogen and oxygen atoms in total. The van der Waals surface area contributed by atoms with E-state index in [2.05, 4.69) is 390 Å². The lowest BCUT2D eigenvalue weighted by molar-refractivity contribution is 0.696. The Kier molecular flexibility index (Phi) is 16.4. The summed E-state index contributed by atoms with van der Waals surface area (Å²) in [5.41, 5.74) is 37.1. The molecular weight excluding hydrogens is 1290 g/mol. The summed E-state index contributed by atoms with van der Waals surface area (Å²) in [6.45, 7) is 25.7. The third kappa shape index (κ3) is 10.6. The maximum absolute atomic E-state index is 4.19. The zero-order valence-corrected chi connectivity index (χ0v) is 61.0. The molecule has 18 rings (SSSR count). The molecule has 1 heterocycles. The molecule has 14 aromatic carbocycles. The molecule has 0 amide bonds. The SMILES string of the molecule is C=Cc1ccc(C2(c3ccc(C=C)cc3)C3=C(C=CCC3)c3c(N(c4ccc5c(c4)c4cc(N(c6ccc(C)cc6C)c6cccc7c6-c6ccccc6C7(c6ccc(C=C)cc6)c6ccc(C=C)cc6)ccc4n5-c4cc(-c5ccccc5)cc(-c5ccccc5)c4)c4ccc(C)cc4C)cccc32)cc1. The van der Waals surface area contributed by atoms with Crippen molar-refractivity contribution in [3.05, 3.63) is 442 Å². The number of anilines is 6. The Bertz CT molecular complexity index is 6000. The Hall–Kier alpha value is -13.1. The Morgan fingerprint density at radius 1 is 0.346 bits per heavy atom. The van der Waals surface area contributed by atoms with Crippen molar-refractivity contribution in [2.24, 2.45) is 0 Å². The molecule has 107 heavy (non-hydrogen) atoms. The van der Waals surface area contributed by atoms with Gasteiger partial charge in [-0.15, -0.1) is 0 Å². The first-order chi connectivity index (χ1) is 52.5. The van der Waals surface area contributed by atoms with Gasteiger partial charge >= 0.3 is 0 Å². The molecule has 1 aromatic heterocycles. The molecule has 15 aromatic rings. The molecule has 512 valence electrons. The van der Waals surface area contributed by atoms with Crippen molar-refractivity contribution in [3.63, 3.8) is 0 Å². The highest BCUT2D eigenvalue weighted by Crippen LogP contribution is 2.63. The molecule has 0 saturated carbocycles. The van der Waals surface area contributed by atoms with Crippen LogP contribution in [0, 0.1) is 27.7 Å². The van der Waals surface area contributed by atoms with E-state index in [1.165, 1.54) is 89.0 Å². The summed E-state index contributed by atoms with van der Waals surface area (Å²) < 4.78 is 2.52. The van der Waals surface area contributed by atoms with E-state index >= 15 is 0 Å². The van der Waals surface area contributed by atoms with Gasteiger partial charge in [0, 0.05) is 50.3 Å². The van der Waals surface area contributed by atoms with Crippen molar-refractivity contribution in [2.75, 3.05) is 9.80 Å². The van der Waals surface area contributed by atoms with Gasteiger partial charge in [0.25, 0.3) is 0 Å². The van der Waals surface area contributed by atoms with Crippen LogP contribution in [-0.2, 0) is 10.8 Å².